The maximum Gasteiger partial charge on any atom is 0.241 e. The van der Waals surface area contributed by atoms with Crippen molar-refractivity contribution in [2.45, 2.75) is 25.3 Å². The van der Waals surface area contributed by atoms with Crippen molar-refractivity contribution in [3.05, 3.63) is 29.8 Å². The quantitative estimate of drug-likeness (QED) is 0.888. The molecule has 0 aliphatic carbocycles. The van der Waals surface area contributed by atoms with Gasteiger partial charge in [0.05, 0.1) is 6.54 Å². The molecule has 0 spiro atoms. The fourth-order valence-electron chi connectivity index (χ4n) is 4.14. The first-order chi connectivity index (χ1) is 10.3. The Bertz CT molecular complexity index is 531. The molecule has 4 nitrogen and oxygen atoms in total. The summed E-state index contributed by atoms with van der Waals surface area (Å²) >= 11 is 0. The number of nitrogens with zero attached hydrogens (tertiary/aromatic N) is 2. The van der Waals surface area contributed by atoms with E-state index in [1.165, 1.54) is 18.4 Å². The lowest BCUT2D eigenvalue weighted by Crippen LogP contribution is -2.42. The molecule has 3 heterocycles. The number of carbonyl (C=O) groups excluding carboxylic acids is 1. The first-order valence-electron chi connectivity index (χ1n) is 8.15. The van der Waals surface area contributed by atoms with Gasteiger partial charge in [-0.25, -0.2) is 0 Å². The van der Waals surface area contributed by atoms with Crippen molar-refractivity contribution >= 4 is 11.6 Å². The van der Waals surface area contributed by atoms with Crippen LogP contribution in [-0.4, -0.2) is 49.6 Å². The third-order valence-corrected chi connectivity index (χ3v) is 5.22. The van der Waals surface area contributed by atoms with Crippen LogP contribution in [-0.2, 0) is 11.2 Å². The molecule has 2 saturated heterocycles. The minimum atomic E-state index is 0.263. The van der Waals surface area contributed by atoms with Crippen LogP contribution in [0.25, 0.3) is 0 Å². The van der Waals surface area contributed by atoms with E-state index in [1.807, 2.05) is 11.0 Å². The molecule has 0 saturated carbocycles. The van der Waals surface area contributed by atoms with Crippen LogP contribution < -0.4 is 10.2 Å². The van der Waals surface area contributed by atoms with E-state index in [2.05, 4.69) is 28.4 Å². The number of rotatable bonds is 2. The van der Waals surface area contributed by atoms with Crippen LogP contribution in [0.4, 0.5) is 5.69 Å². The molecule has 2 unspecified atom stereocenters. The molecule has 2 fully saturated rings. The third-order valence-electron chi connectivity index (χ3n) is 5.22. The van der Waals surface area contributed by atoms with Crippen molar-refractivity contribution < 1.29 is 4.79 Å². The fourth-order valence-corrected chi connectivity index (χ4v) is 4.14. The Morgan fingerprint density at radius 2 is 2.19 bits per heavy atom. The van der Waals surface area contributed by atoms with Crippen LogP contribution in [0, 0.1) is 5.92 Å². The summed E-state index contributed by atoms with van der Waals surface area (Å²) in [6, 6.07) is 8.91. The molecule has 0 aromatic heterocycles. The van der Waals surface area contributed by atoms with E-state index in [9.17, 15) is 4.79 Å². The van der Waals surface area contributed by atoms with Gasteiger partial charge in [-0.2, -0.15) is 0 Å². The summed E-state index contributed by atoms with van der Waals surface area (Å²) in [7, 11) is 0. The van der Waals surface area contributed by atoms with E-state index < -0.39 is 0 Å². The second-order valence-electron chi connectivity index (χ2n) is 6.58. The van der Waals surface area contributed by atoms with Gasteiger partial charge < -0.3 is 10.2 Å². The van der Waals surface area contributed by atoms with Crippen LogP contribution in [0.3, 0.4) is 0 Å². The van der Waals surface area contributed by atoms with Gasteiger partial charge in [0.2, 0.25) is 5.91 Å². The molecule has 3 aliphatic heterocycles. The standard InChI is InChI=1S/C17H23N3O/c21-17(20-9-7-13-4-1-2-6-16(13)20)12-19-10-14-5-3-8-18-15(14)11-19/h1-2,4,6,14-15,18H,3,5,7-12H2. The Morgan fingerprint density at radius 1 is 1.29 bits per heavy atom. The molecule has 2 atom stereocenters. The number of piperidine rings is 1. The maximum atomic E-state index is 12.6. The summed E-state index contributed by atoms with van der Waals surface area (Å²) in [5, 5.41) is 3.60. The number of para-hydroxylation sites is 1. The highest BCUT2D eigenvalue weighted by atomic mass is 16.2. The number of likely N-dealkylation sites (tertiary alicyclic amines) is 1. The highest BCUT2D eigenvalue weighted by molar-refractivity contribution is 5.96. The lowest BCUT2D eigenvalue weighted by molar-refractivity contribution is -0.119. The number of anilines is 1. The molecular formula is C17H23N3O. The Labute approximate surface area is 126 Å². The third kappa shape index (κ3) is 2.47. The lowest BCUT2D eigenvalue weighted by atomic mass is 9.94. The second kappa shape index (κ2) is 5.43. The molecule has 1 aromatic carbocycles. The second-order valence-corrected chi connectivity index (χ2v) is 6.58. The SMILES string of the molecule is O=C(CN1CC2CCCNC2C1)N1CCc2ccccc21. The molecule has 4 rings (SSSR count). The smallest absolute Gasteiger partial charge is 0.241 e. The Kier molecular flexibility index (Phi) is 3.43. The van der Waals surface area contributed by atoms with Crippen molar-refractivity contribution in [3.63, 3.8) is 0 Å². The molecule has 4 heteroatoms. The fraction of sp³-hybridized carbons (Fsp3) is 0.588. The highest BCUT2D eigenvalue weighted by Crippen LogP contribution is 2.29. The summed E-state index contributed by atoms with van der Waals surface area (Å²) in [5.74, 6) is 1.01. The Balaban J connectivity index is 1.41. The molecule has 3 aliphatic rings. The summed E-state index contributed by atoms with van der Waals surface area (Å²) < 4.78 is 0. The molecule has 21 heavy (non-hydrogen) atoms. The number of benzene rings is 1. The average molecular weight is 285 g/mol. The van der Waals surface area contributed by atoms with Gasteiger partial charge in [0, 0.05) is 31.4 Å². The number of amides is 1. The van der Waals surface area contributed by atoms with Crippen LogP contribution in [0.2, 0.25) is 0 Å². The number of nitrogens with one attached hydrogen (secondary N) is 1. The van der Waals surface area contributed by atoms with Gasteiger partial charge in [0.15, 0.2) is 0 Å². The number of carbonyl (C=O) groups is 1. The summed E-state index contributed by atoms with van der Waals surface area (Å²) in [6.45, 7) is 4.67. The van der Waals surface area contributed by atoms with Gasteiger partial charge >= 0.3 is 0 Å². The first-order valence-corrected chi connectivity index (χ1v) is 8.15. The van der Waals surface area contributed by atoms with Gasteiger partial charge in [0.25, 0.3) is 0 Å². The largest absolute Gasteiger partial charge is 0.312 e. The lowest BCUT2D eigenvalue weighted by Gasteiger charge is -2.24. The Hall–Kier alpha value is -1.39. The van der Waals surface area contributed by atoms with Crippen molar-refractivity contribution in [2.24, 2.45) is 5.92 Å². The van der Waals surface area contributed by atoms with E-state index in [0.717, 1.165) is 44.2 Å². The maximum absolute atomic E-state index is 12.6. The molecule has 112 valence electrons. The zero-order valence-corrected chi connectivity index (χ0v) is 12.4. The number of fused-ring (bicyclic) bond motifs is 2. The zero-order chi connectivity index (χ0) is 14.2. The summed E-state index contributed by atoms with van der Waals surface area (Å²) in [6.07, 6.45) is 3.59. The summed E-state index contributed by atoms with van der Waals surface area (Å²) in [5.41, 5.74) is 2.43. The first kappa shape index (κ1) is 13.3. The molecule has 0 radical (unpaired) electrons. The monoisotopic (exact) mass is 285 g/mol. The van der Waals surface area contributed by atoms with Gasteiger partial charge in [0.1, 0.15) is 0 Å². The van der Waals surface area contributed by atoms with E-state index in [-0.39, 0.29) is 5.91 Å². The van der Waals surface area contributed by atoms with Crippen LogP contribution in [0.15, 0.2) is 24.3 Å². The highest BCUT2D eigenvalue weighted by Gasteiger charge is 2.36. The zero-order valence-electron chi connectivity index (χ0n) is 12.4. The van der Waals surface area contributed by atoms with Crippen molar-refractivity contribution in [1.29, 1.82) is 0 Å². The number of hydrogen-bond acceptors (Lipinski definition) is 3. The number of hydrogen-bond donors (Lipinski definition) is 1. The van der Waals surface area contributed by atoms with Gasteiger partial charge in [-0.05, 0) is 43.4 Å². The van der Waals surface area contributed by atoms with Crippen molar-refractivity contribution in [3.8, 4) is 0 Å². The van der Waals surface area contributed by atoms with E-state index in [1.54, 1.807) is 0 Å². The molecule has 1 aromatic rings. The van der Waals surface area contributed by atoms with Crippen LogP contribution in [0.5, 0.6) is 0 Å². The summed E-state index contributed by atoms with van der Waals surface area (Å²) in [4.78, 5) is 17.0. The van der Waals surface area contributed by atoms with Crippen LogP contribution >= 0.6 is 0 Å². The molecule has 0 bridgehead atoms. The van der Waals surface area contributed by atoms with E-state index >= 15 is 0 Å². The van der Waals surface area contributed by atoms with Gasteiger partial charge in [-0.1, -0.05) is 18.2 Å². The van der Waals surface area contributed by atoms with Gasteiger partial charge in [-0.15, -0.1) is 0 Å². The van der Waals surface area contributed by atoms with Crippen LogP contribution in [0.1, 0.15) is 18.4 Å². The molecule has 1 amide bonds. The van der Waals surface area contributed by atoms with Crippen molar-refractivity contribution in [2.75, 3.05) is 37.6 Å². The molecular weight excluding hydrogens is 262 g/mol. The normalized spacial score (nSPS) is 28.5. The molecule has 1 N–H and O–H groups in total. The average Bonchev–Trinajstić information content (AvgIpc) is 3.10. The predicted molar refractivity (Wildman–Crippen MR) is 83.5 cm³/mol. The predicted octanol–water partition coefficient (Wildman–Crippen LogP) is 1.26. The Morgan fingerprint density at radius 3 is 3.10 bits per heavy atom. The van der Waals surface area contributed by atoms with E-state index in [0.29, 0.717) is 12.6 Å². The van der Waals surface area contributed by atoms with Crippen molar-refractivity contribution in [1.82, 2.24) is 10.2 Å². The van der Waals surface area contributed by atoms with E-state index in [4.69, 9.17) is 0 Å². The minimum absolute atomic E-state index is 0.263. The topological polar surface area (TPSA) is 35.6 Å². The minimum Gasteiger partial charge on any atom is -0.312 e. The van der Waals surface area contributed by atoms with Gasteiger partial charge in [-0.3, -0.25) is 9.69 Å².